The Kier molecular flexibility index (Phi) is 4.50. The first-order chi connectivity index (χ1) is 5.18. The fourth-order valence-corrected chi connectivity index (χ4v) is 0.970. The van der Waals surface area contributed by atoms with E-state index in [-0.39, 0.29) is 6.15 Å². The van der Waals surface area contributed by atoms with Gasteiger partial charge in [-0.3, -0.25) is 0 Å². The number of nitrogen functional groups attached to an aromatic ring is 1. The third-order valence-electron chi connectivity index (χ3n) is 1.13. The Labute approximate surface area is 82.3 Å². The number of thiocarbonyl (C=S) groups is 1. The molecule has 0 unspecified atom stereocenters. The summed E-state index contributed by atoms with van der Waals surface area (Å²) in [5, 5.41) is 2.81. The van der Waals surface area contributed by atoms with Gasteiger partial charge in [-0.2, -0.15) is 0 Å². The lowest BCUT2D eigenvalue weighted by Gasteiger charge is -2.09. The molecular formula is C7H11N3S2. The Bertz CT molecular complexity index is 275. The predicted octanol–water partition coefficient (Wildman–Crippen LogP) is 1.89. The van der Waals surface area contributed by atoms with E-state index in [1.165, 1.54) is 0 Å². The summed E-state index contributed by atoms with van der Waals surface area (Å²) in [6.45, 7) is 0. The van der Waals surface area contributed by atoms with Crippen LogP contribution in [0, 0.1) is 0 Å². The minimum absolute atomic E-state index is 0. The van der Waals surface area contributed by atoms with Crippen molar-refractivity contribution in [1.82, 2.24) is 6.15 Å². The lowest BCUT2D eigenvalue weighted by Crippen LogP contribution is -2.04. The highest BCUT2D eigenvalue weighted by molar-refractivity contribution is 8.00. The summed E-state index contributed by atoms with van der Waals surface area (Å²) in [5.74, 6) is 0. The predicted molar refractivity (Wildman–Crippen MR) is 60.4 cm³/mol. The summed E-state index contributed by atoms with van der Waals surface area (Å²) in [6.07, 6.45) is 0. The standard InChI is InChI=1S/C7H8N2S2.H3N/c8-5-2-1-3-6(4-5)9-7(10)11;/h1-4H,8H2,(H2,9,10,11);1H3. The van der Waals surface area contributed by atoms with Crippen molar-refractivity contribution in [1.29, 1.82) is 0 Å². The summed E-state index contributed by atoms with van der Waals surface area (Å²) >= 11 is 9.37. The molecule has 7 N–H and O–H groups in total. The van der Waals surface area contributed by atoms with Crippen molar-refractivity contribution in [3.8, 4) is 0 Å². The quantitative estimate of drug-likeness (QED) is 0.368. The molecule has 1 aromatic carbocycles. The molecule has 0 atom stereocenters. The normalized spacial score (nSPS) is 8.33. The monoisotopic (exact) mass is 201 g/mol. The summed E-state index contributed by atoms with van der Waals surface area (Å²) in [7, 11) is 0. The number of benzene rings is 1. The zero-order chi connectivity index (χ0) is 8.27. The molecule has 0 amide bonds. The van der Waals surface area contributed by atoms with Gasteiger partial charge in [0.2, 0.25) is 0 Å². The highest BCUT2D eigenvalue weighted by atomic mass is 32.1. The van der Waals surface area contributed by atoms with E-state index in [4.69, 9.17) is 5.73 Å². The zero-order valence-corrected chi connectivity index (χ0v) is 8.34. The van der Waals surface area contributed by atoms with E-state index >= 15 is 0 Å². The molecule has 66 valence electrons. The molecule has 5 heteroatoms. The molecule has 0 saturated heterocycles. The smallest absolute Gasteiger partial charge is 0.0392 e. The molecule has 0 radical (unpaired) electrons. The van der Waals surface area contributed by atoms with E-state index in [0.717, 1.165) is 5.69 Å². The van der Waals surface area contributed by atoms with Crippen molar-refractivity contribution in [3.63, 3.8) is 0 Å². The van der Waals surface area contributed by atoms with Crippen LogP contribution in [0.1, 0.15) is 0 Å². The number of quaternary nitrogens is 1. The molecule has 0 saturated carbocycles. The van der Waals surface area contributed by atoms with Gasteiger partial charge in [0.05, 0.1) is 0 Å². The van der Waals surface area contributed by atoms with Crippen LogP contribution in [0.3, 0.4) is 0 Å². The fraction of sp³-hybridized carbons (Fsp3) is 0. The molecule has 3 nitrogen and oxygen atoms in total. The van der Waals surface area contributed by atoms with Crippen LogP contribution in [0.15, 0.2) is 24.3 Å². The van der Waals surface area contributed by atoms with Gasteiger partial charge in [0.25, 0.3) is 0 Å². The second-order valence-corrected chi connectivity index (χ2v) is 3.11. The number of hydrogen-bond acceptors (Lipinski definition) is 3. The van der Waals surface area contributed by atoms with Gasteiger partial charge in [-0.05, 0) is 18.2 Å². The van der Waals surface area contributed by atoms with Crippen molar-refractivity contribution >= 4 is 40.5 Å². The SMILES string of the molecule is Nc1cccc(NC(=S)[S-])c1.[NH4+]. The van der Waals surface area contributed by atoms with Crippen molar-refractivity contribution in [3.05, 3.63) is 24.3 Å². The third-order valence-corrected chi connectivity index (χ3v) is 1.34. The van der Waals surface area contributed by atoms with Gasteiger partial charge < -0.3 is 42.0 Å². The Morgan fingerprint density at radius 3 is 2.67 bits per heavy atom. The van der Waals surface area contributed by atoms with Gasteiger partial charge in [-0.25, -0.2) is 0 Å². The zero-order valence-electron chi connectivity index (χ0n) is 6.70. The van der Waals surface area contributed by atoms with Gasteiger partial charge >= 0.3 is 0 Å². The molecule has 0 aliphatic heterocycles. The molecule has 0 aromatic heterocycles. The maximum absolute atomic E-state index is 5.52. The minimum atomic E-state index is 0. The number of nitrogens with two attached hydrogens (primary N) is 1. The Morgan fingerprint density at radius 1 is 1.50 bits per heavy atom. The van der Waals surface area contributed by atoms with Gasteiger partial charge in [-0.15, -0.1) is 0 Å². The molecule has 0 spiro atoms. The second-order valence-electron chi connectivity index (χ2n) is 2.04. The molecule has 0 heterocycles. The van der Waals surface area contributed by atoms with Crippen LogP contribution >= 0.6 is 12.2 Å². The van der Waals surface area contributed by atoms with Crippen molar-refractivity contribution in [2.45, 2.75) is 0 Å². The summed E-state index contributed by atoms with van der Waals surface area (Å²) < 4.78 is 0.329. The van der Waals surface area contributed by atoms with Gasteiger partial charge in [-0.1, -0.05) is 10.4 Å². The van der Waals surface area contributed by atoms with Crippen LogP contribution in [0.25, 0.3) is 0 Å². The van der Waals surface area contributed by atoms with E-state index in [0.29, 0.717) is 10.0 Å². The maximum Gasteiger partial charge on any atom is 0.0392 e. The van der Waals surface area contributed by atoms with E-state index < -0.39 is 0 Å². The number of hydrogen-bond donors (Lipinski definition) is 3. The molecule has 12 heavy (non-hydrogen) atoms. The summed E-state index contributed by atoms with van der Waals surface area (Å²) in [4.78, 5) is 0. The molecule has 1 aromatic rings. The number of anilines is 2. The molecule has 0 bridgehead atoms. The van der Waals surface area contributed by atoms with Gasteiger partial charge in [0.15, 0.2) is 0 Å². The van der Waals surface area contributed by atoms with E-state index in [9.17, 15) is 0 Å². The van der Waals surface area contributed by atoms with Crippen molar-refractivity contribution < 1.29 is 0 Å². The summed E-state index contributed by atoms with van der Waals surface area (Å²) in [6, 6.07) is 7.27. The first-order valence-electron chi connectivity index (χ1n) is 3.02. The van der Waals surface area contributed by atoms with Crippen LogP contribution in [-0.4, -0.2) is 4.32 Å². The molecule has 1 rings (SSSR count). The van der Waals surface area contributed by atoms with Crippen LogP contribution in [0.2, 0.25) is 0 Å². The Morgan fingerprint density at radius 2 is 2.17 bits per heavy atom. The topological polar surface area (TPSA) is 74.5 Å². The molecule has 0 aliphatic carbocycles. The Hall–Kier alpha value is -0.910. The van der Waals surface area contributed by atoms with Crippen LogP contribution < -0.4 is 17.2 Å². The van der Waals surface area contributed by atoms with Gasteiger partial charge in [0.1, 0.15) is 0 Å². The first kappa shape index (κ1) is 11.1. The average molecular weight is 201 g/mol. The second kappa shape index (κ2) is 4.87. The van der Waals surface area contributed by atoms with Crippen molar-refractivity contribution in [2.24, 2.45) is 0 Å². The lowest BCUT2D eigenvalue weighted by atomic mass is 10.3. The molecule has 0 aliphatic rings. The fourth-order valence-electron chi connectivity index (χ4n) is 0.734. The average Bonchev–Trinajstić information content (AvgIpc) is 1.85. The third kappa shape index (κ3) is 3.47. The number of rotatable bonds is 1. The van der Waals surface area contributed by atoms with Crippen LogP contribution in [0.5, 0.6) is 0 Å². The summed E-state index contributed by atoms with van der Waals surface area (Å²) in [5.41, 5.74) is 7.05. The number of nitrogens with one attached hydrogen (secondary N) is 1. The molecular weight excluding hydrogens is 190 g/mol. The highest BCUT2D eigenvalue weighted by Crippen LogP contribution is 2.11. The first-order valence-corrected chi connectivity index (χ1v) is 3.83. The van der Waals surface area contributed by atoms with E-state index in [1.807, 2.05) is 12.1 Å². The van der Waals surface area contributed by atoms with Gasteiger partial charge in [0, 0.05) is 11.4 Å². The lowest BCUT2D eigenvalue weighted by molar-refractivity contribution is 1.65. The highest BCUT2D eigenvalue weighted by Gasteiger charge is 1.88. The largest absolute Gasteiger partial charge is 0.411 e. The molecule has 0 fully saturated rings. The minimum Gasteiger partial charge on any atom is -0.411 e. The van der Waals surface area contributed by atoms with Crippen LogP contribution in [-0.2, 0) is 12.6 Å². The van der Waals surface area contributed by atoms with Crippen molar-refractivity contribution in [2.75, 3.05) is 11.1 Å². The van der Waals surface area contributed by atoms with E-state index in [2.05, 4.69) is 30.2 Å². The van der Waals surface area contributed by atoms with Crippen LogP contribution in [0.4, 0.5) is 11.4 Å². The maximum atomic E-state index is 5.52. The Balaban J connectivity index is 0.00000121. The van der Waals surface area contributed by atoms with E-state index in [1.54, 1.807) is 12.1 Å².